The fourth-order valence-corrected chi connectivity index (χ4v) is 2.83. The molecule has 0 bridgehead atoms. The first-order chi connectivity index (χ1) is 11.9. The smallest absolute Gasteiger partial charge is 0.249 e. The van der Waals surface area contributed by atoms with E-state index in [1.807, 2.05) is 41.1 Å². The molecule has 0 atom stereocenters. The average Bonchev–Trinajstić information content (AvgIpc) is 3.23. The molecule has 5 nitrogen and oxygen atoms in total. The summed E-state index contributed by atoms with van der Waals surface area (Å²) in [4.78, 5) is 16.6. The van der Waals surface area contributed by atoms with Crippen molar-refractivity contribution in [1.29, 1.82) is 0 Å². The quantitative estimate of drug-likeness (QED) is 0.713. The van der Waals surface area contributed by atoms with Gasteiger partial charge in [0, 0.05) is 23.8 Å². The van der Waals surface area contributed by atoms with Crippen LogP contribution in [0, 0.1) is 0 Å². The molecule has 6 heteroatoms. The normalized spacial score (nSPS) is 11.8. The van der Waals surface area contributed by atoms with Crippen LogP contribution in [0.2, 0.25) is 0 Å². The third kappa shape index (κ3) is 4.22. The number of carbonyl (C=O) groups is 1. The van der Waals surface area contributed by atoms with E-state index in [1.54, 1.807) is 28.3 Å². The summed E-state index contributed by atoms with van der Waals surface area (Å²) in [6.07, 6.45) is 5.02. The molecule has 3 aromatic rings. The summed E-state index contributed by atoms with van der Waals surface area (Å²) in [5.74, 6) is 1.06. The Kier molecular flexibility index (Phi) is 4.81. The van der Waals surface area contributed by atoms with Crippen LogP contribution in [0.3, 0.4) is 0 Å². The molecule has 0 fully saturated rings. The second-order valence-corrected chi connectivity index (χ2v) is 7.42. The number of rotatable bonds is 4. The van der Waals surface area contributed by atoms with Gasteiger partial charge in [-0.25, -0.2) is 4.98 Å². The largest absolute Gasteiger partial charge is 0.307 e. The summed E-state index contributed by atoms with van der Waals surface area (Å²) in [5.41, 5.74) is 1.76. The minimum absolute atomic E-state index is 0.133. The number of nitrogens with zero attached hydrogens (tertiary/aromatic N) is 3. The molecule has 0 radical (unpaired) electrons. The van der Waals surface area contributed by atoms with Crippen molar-refractivity contribution < 1.29 is 4.79 Å². The van der Waals surface area contributed by atoms with Crippen LogP contribution in [-0.4, -0.2) is 20.7 Å². The number of hydrogen-bond acceptors (Lipinski definition) is 4. The number of anilines is 1. The zero-order valence-corrected chi connectivity index (χ0v) is 15.2. The van der Waals surface area contributed by atoms with Crippen LogP contribution >= 0.6 is 11.3 Å². The van der Waals surface area contributed by atoms with Crippen molar-refractivity contribution in [2.24, 2.45) is 0 Å². The molecular formula is C19H20N4OS. The Balaban J connectivity index is 1.89. The SMILES string of the molecule is CC(C)(C)c1cc(NC(=O)/C=C/c2ccsc2)n(-c2ccccn2)n1. The van der Waals surface area contributed by atoms with E-state index in [-0.39, 0.29) is 11.3 Å². The van der Waals surface area contributed by atoms with E-state index < -0.39 is 0 Å². The topological polar surface area (TPSA) is 59.8 Å². The molecule has 0 saturated carbocycles. The Morgan fingerprint density at radius 1 is 1.28 bits per heavy atom. The van der Waals surface area contributed by atoms with E-state index in [9.17, 15) is 4.79 Å². The Morgan fingerprint density at radius 2 is 2.12 bits per heavy atom. The molecule has 1 N–H and O–H groups in total. The molecule has 0 spiro atoms. The maximum absolute atomic E-state index is 12.3. The van der Waals surface area contributed by atoms with E-state index in [2.05, 4.69) is 36.2 Å². The van der Waals surface area contributed by atoms with Crippen molar-refractivity contribution in [2.45, 2.75) is 26.2 Å². The molecule has 0 aromatic carbocycles. The summed E-state index contributed by atoms with van der Waals surface area (Å²) in [7, 11) is 0. The third-order valence-electron chi connectivity index (χ3n) is 3.57. The molecule has 3 aromatic heterocycles. The molecule has 3 heterocycles. The summed E-state index contributed by atoms with van der Waals surface area (Å²) in [6, 6.07) is 9.45. The van der Waals surface area contributed by atoms with Crippen LogP contribution < -0.4 is 5.32 Å². The number of nitrogens with one attached hydrogen (secondary N) is 1. The first-order valence-electron chi connectivity index (χ1n) is 7.97. The summed E-state index contributed by atoms with van der Waals surface area (Å²) in [5, 5.41) is 11.5. The first-order valence-corrected chi connectivity index (χ1v) is 8.91. The van der Waals surface area contributed by atoms with Crippen LogP contribution in [-0.2, 0) is 10.2 Å². The van der Waals surface area contributed by atoms with Crippen molar-refractivity contribution in [3.63, 3.8) is 0 Å². The van der Waals surface area contributed by atoms with E-state index in [1.165, 1.54) is 6.08 Å². The van der Waals surface area contributed by atoms with Crippen LogP contribution in [0.25, 0.3) is 11.9 Å². The standard InChI is InChI=1S/C19H20N4OS/c1-19(2,3)15-12-17(23(22-15)16-6-4-5-10-20-16)21-18(24)8-7-14-9-11-25-13-14/h4-13H,1-3H3,(H,21,24)/b8-7+. The highest BCUT2D eigenvalue weighted by molar-refractivity contribution is 7.08. The van der Waals surface area contributed by atoms with Crippen LogP contribution in [0.5, 0.6) is 0 Å². The molecule has 0 aliphatic carbocycles. The van der Waals surface area contributed by atoms with Crippen molar-refractivity contribution in [2.75, 3.05) is 5.32 Å². The van der Waals surface area contributed by atoms with Gasteiger partial charge >= 0.3 is 0 Å². The first kappa shape index (κ1) is 17.1. The van der Waals surface area contributed by atoms with E-state index in [4.69, 9.17) is 0 Å². The number of amides is 1. The zero-order valence-electron chi connectivity index (χ0n) is 14.4. The lowest BCUT2D eigenvalue weighted by Gasteiger charge is -2.13. The molecule has 0 saturated heterocycles. The highest BCUT2D eigenvalue weighted by Crippen LogP contribution is 2.25. The van der Waals surface area contributed by atoms with Crippen molar-refractivity contribution in [1.82, 2.24) is 14.8 Å². The van der Waals surface area contributed by atoms with Crippen LogP contribution in [0.1, 0.15) is 32.0 Å². The van der Waals surface area contributed by atoms with Gasteiger partial charge in [-0.05, 0) is 40.6 Å². The van der Waals surface area contributed by atoms with Gasteiger partial charge in [0.15, 0.2) is 5.82 Å². The molecule has 3 rings (SSSR count). The highest BCUT2D eigenvalue weighted by atomic mass is 32.1. The van der Waals surface area contributed by atoms with Gasteiger partial charge in [0.25, 0.3) is 0 Å². The summed E-state index contributed by atoms with van der Waals surface area (Å²) >= 11 is 1.60. The number of pyridine rings is 1. The zero-order chi connectivity index (χ0) is 17.9. The monoisotopic (exact) mass is 352 g/mol. The van der Waals surface area contributed by atoms with Gasteiger partial charge in [-0.1, -0.05) is 26.8 Å². The van der Waals surface area contributed by atoms with Crippen LogP contribution in [0.15, 0.2) is 53.4 Å². The van der Waals surface area contributed by atoms with Crippen molar-refractivity contribution in [3.05, 3.63) is 64.6 Å². The number of hydrogen-bond donors (Lipinski definition) is 1. The highest BCUT2D eigenvalue weighted by Gasteiger charge is 2.21. The second-order valence-electron chi connectivity index (χ2n) is 6.64. The molecule has 1 amide bonds. The van der Waals surface area contributed by atoms with Gasteiger partial charge in [0.2, 0.25) is 5.91 Å². The fourth-order valence-electron chi connectivity index (χ4n) is 2.20. The second kappa shape index (κ2) is 7.03. The summed E-state index contributed by atoms with van der Waals surface area (Å²) < 4.78 is 1.66. The van der Waals surface area contributed by atoms with E-state index >= 15 is 0 Å². The lowest BCUT2D eigenvalue weighted by molar-refractivity contribution is -0.111. The lowest BCUT2D eigenvalue weighted by Crippen LogP contribution is -2.13. The minimum Gasteiger partial charge on any atom is -0.307 e. The fraction of sp³-hybridized carbons (Fsp3) is 0.211. The predicted octanol–water partition coefficient (Wildman–Crippen LogP) is 4.28. The number of carbonyl (C=O) groups excluding carboxylic acids is 1. The van der Waals surface area contributed by atoms with E-state index in [0.717, 1.165) is 11.3 Å². The minimum atomic E-state index is -0.205. The lowest BCUT2D eigenvalue weighted by atomic mass is 9.92. The van der Waals surface area contributed by atoms with Gasteiger partial charge < -0.3 is 5.32 Å². The Morgan fingerprint density at radius 3 is 2.76 bits per heavy atom. The molecule has 128 valence electrons. The maximum Gasteiger partial charge on any atom is 0.249 e. The van der Waals surface area contributed by atoms with Gasteiger partial charge in [-0.3, -0.25) is 4.79 Å². The average molecular weight is 352 g/mol. The van der Waals surface area contributed by atoms with Crippen LogP contribution in [0.4, 0.5) is 5.82 Å². The molecule has 0 aliphatic rings. The van der Waals surface area contributed by atoms with Crippen molar-refractivity contribution in [3.8, 4) is 5.82 Å². The Bertz CT molecular complexity index is 874. The Hall–Kier alpha value is -2.73. The number of aromatic nitrogens is 3. The van der Waals surface area contributed by atoms with Gasteiger partial charge in [0.1, 0.15) is 5.82 Å². The molecule has 25 heavy (non-hydrogen) atoms. The molecular weight excluding hydrogens is 332 g/mol. The molecule has 0 unspecified atom stereocenters. The van der Waals surface area contributed by atoms with Crippen molar-refractivity contribution >= 4 is 29.1 Å². The summed E-state index contributed by atoms with van der Waals surface area (Å²) in [6.45, 7) is 6.25. The van der Waals surface area contributed by atoms with Gasteiger partial charge in [-0.2, -0.15) is 21.1 Å². The van der Waals surface area contributed by atoms with Gasteiger partial charge in [0.05, 0.1) is 5.69 Å². The van der Waals surface area contributed by atoms with E-state index in [0.29, 0.717) is 11.6 Å². The molecule has 0 aliphatic heterocycles. The number of thiophene rings is 1. The third-order valence-corrected chi connectivity index (χ3v) is 4.27. The maximum atomic E-state index is 12.3. The predicted molar refractivity (Wildman–Crippen MR) is 102 cm³/mol. The van der Waals surface area contributed by atoms with Gasteiger partial charge in [-0.15, -0.1) is 0 Å². The Labute approximate surface area is 151 Å².